The molecule has 1 aliphatic rings. The van der Waals surface area contributed by atoms with Crippen molar-refractivity contribution >= 4 is 17.4 Å². The lowest BCUT2D eigenvalue weighted by molar-refractivity contribution is -0.134. The Morgan fingerprint density at radius 1 is 1.41 bits per heavy atom. The number of hydrogen-bond acceptors (Lipinski definition) is 4. The summed E-state index contributed by atoms with van der Waals surface area (Å²) >= 11 is 0. The Bertz CT molecular complexity index is 519. The smallest absolute Gasteiger partial charge is 0.344 e. The molecule has 1 aromatic carbocycles. The van der Waals surface area contributed by atoms with Gasteiger partial charge >= 0.3 is 5.97 Å². The summed E-state index contributed by atoms with van der Waals surface area (Å²) in [5, 5.41) is 11.7. The maximum Gasteiger partial charge on any atom is 0.344 e. The second-order valence-corrected chi connectivity index (χ2v) is 3.66. The van der Waals surface area contributed by atoms with Crippen molar-refractivity contribution in [2.45, 2.75) is 6.92 Å². The molecule has 2 rings (SSSR count). The van der Waals surface area contributed by atoms with Crippen LogP contribution in [0.15, 0.2) is 35.7 Å². The normalized spacial score (nSPS) is 14.8. The standard InChI is InChI=1S/C12H11NO4/c1-7-4-2-3-5-8(7)13-11-10(12(15)16)9(14)6-17-11/h2-5,13H,6H2,1H3,(H,15,16). The number of Topliss-reactive ketones (excluding diaryl/α,β-unsaturated/α-hetero) is 1. The van der Waals surface area contributed by atoms with Gasteiger partial charge in [-0.25, -0.2) is 4.79 Å². The van der Waals surface area contributed by atoms with E-state index in [1.54, 1.807) is 6.07 Å². The minimum absolute atomic E-state index is 0.0109. The number of carboxylic acids is 1. The Morgan fingerprint density at radius 2 is 2.12 bits per heavy atom. The average molecular weight is 233 g/mol. The molecule has 1 aromatic rings. The van der Waals surface area contributed by atoms with Gasteiger partial charge in [-0.3, -0.25) is 4.79 Å². The van der Waals surface area contributed by atoms with E-state index in [-0.39, 0.29) is 18.1 Å². The Morgan fingerprint density at radius 3 is 2.76 bits per heavy atom. The predicted molar refractivity (Wildman–Crippen MR) is 60.4 cm³/mol. The van der Waals surface area contributed by atoms with Crippen molar-refractivity contribution in [1.82, 2.24) is 0 Å². The van der Waals surface area contributed by atoms with E-state index in [0.717, 1.165) is 11.3 Å². The third-order valence-corrected chi connectivity index (χ3v) is 2.46. The van der Waals surface area contributed by atoms with Gasteiger partial charge in [0.05, 0.1) is 0 Å². The topological polar surface area (TPSA) is 75.6 Å². The third kappa shape index (κ3) is 2.13. The van der Waals surface area contributed by atoms with E-state index in [4.69, 9.17) is 9.84 Å². The SMILES string of the molecule is Cc1ccccc1NC1=C(C(=O)O)C(=O)CO1. The Kier molecular flexibility index (Phi) is 2.82. The molecule has 0 fully saturated rings. The number of para-hydroxylation sites is 1. The molecule has 0 saturated heterocycles. The second-order valence-electron chi connectivity index (χ2n) is 3.66. The highest BCUT2D eigenvalue weighted by Crippen LogP contribution is 2.21. The quantitative estimate of drug-likeness (QED) is 0.770. The predicted octanol–water partition coefficient (Wildman–Crippen LogP) is 1.30. The number of carbonyl (C=O) groups is 2. The summed E-state index contributed by atoms with van der Waals surface area (Å²) in [6, 6.07) is 7.34. The van der Waals surface area contributed by atoms with E-state index >= 15 is 0 Å². The van der Waals surface area contributed by atoms with E-state index in [1.165, 1.54) is 0 Å². The number of rotatable bonds is 3. The molecule has 5 heteroatoms. The van der Waals surface area contributed by atoms with Gasteiger partial charge in [-0.15, -0.1) is 0 Å². The number of carbonyl (C=O) groups excluding carboxylic acids is 1. The first-order valence-electron chi connectivity index (χ1n) is 5.06. The van der Waals surface area contributed by atoms with Crippen LogP contribution >= 0.6 is 0 Å². The summed E-state index contributed by atoms with van der Waals surface area (Å²) in [5.74, 6) is -1.78. The number of nitrogens with one attached hydrogen (secondary N) is 1. The zero-order valence-corrected chi connectivity index (χ0v) is 9.19. The van der Waals surface area contributed by atoms with Crippen LogP contribution in [0.25, 0.3) is 0 Å². The molecule has 5 nitrogen and oxygen atoms in total. The van der Waals surface area contributed by atoms with Crippen LogP contribution in [0, 0.1) is 6.92 Å². The van der Waals surface area contributed by atoms with Crippen LogP contribution in [0.5, 0.6) is 0 Å². The van der Waals surface area contributed by atoms with Gasteiger partial charge in [-0.05, 0) is 18.6 Å². The monoisotopic (exact) mass is 233 g/mol. The highest BCUT2D eigenvalue weighted by atomic mass is 16.5. The Balaban J connectivity index is 2.33. The molecule has 0 aromatic heterocycles. The van der Waals surface area contributed by atoms with E-state index in [9.17, 15) is 9.59 Å². The molecule has 88 valence electrons. The molecule has 0 saturated carbocycles. The van der Waals surface area contributed by atoms with Crippen molar-refractivity contribution in [3.05, 3.63) is 41.3 Å². The van der Waals surface area contributed by atoms with E-state index < -0.39 is 11.8 Å². The molecule has 0 aliphatic carbocycles. The third-order valence-electron chi connectivity index (χ3n) is 2.46. The van der Waals surface area contributed by atoms with Crippen LogP contribution in [-0.2, 0) is 14.3 Å². The van der Waals surface area contributed by atoms with Crippen LogP contribution in [0.4, 0.5) is 5.69 Å². The largest absolute Gasteiger partial charge is 0.477 e. The molecule has 0 amide bonds. The van der Waals surface area contributed by atoms with E-state index in [2.05, 4.69) is 5.32 Å². The molecule has 1 aliphatic heterocycles. The minimum atomic E-state index is -1.27. The first kappa shape index (κ1) is 11.2. The lowest BCUT2D eigenvalue weighted by Crippen LogP contribution is -2.12. The maximum absolute atomic E-state index is 11.3. The molecule has 17 heavy (non-hydrogen) atoms. The summed E-state index contributed by atoms with van der Waals surface area (Å²) < 4.78 is 5.04. The van der Waals surface area contributed by atoms with Crippen LogP contribution in [0.3, 0.4) is 0 Å². The minimum Gasteiger partial charge on any atom is -0.477 e. The second kappa shape index (κ2) is 4.29. The van der Waals surface area contributed by atoms with Crippen LogP contribution in [0.1, 0.15) is 5.56 Å². The fourth-order valence-corrected chi connectivity index (χ4v) is 1.56. The first-order chi connectivity index (χ1) is 8.09. The van der Waals surface area contributed by atoms with Crippen molar-refractivity contribution in [2.75, 3.05) is 11.9 Å². The number of aryl methyl sites for hydroxylation is 1. The van der Waals surface area contributed by atoms with E-state index in [1.807, 2.05) is 25.1 Å². The first-order valence-corrected chi connectivity index (χ1v) is 5.06. The van der Waals surface area contributed by atoms with Gasteiger partial charge in [0.15, 0.2) is 12.2 Å². The van der Waals surface area contributed by atoms with Gasteiger partial charge in [0.25, 0.3) is 0 Å². The van der Waals surface area contributed by atoms with Crippen LogP contribution < -0.4 is 5.32 Å². The van der Waals surface area contributed by atoms with Gasteiger partial charge in [-0.1, -0.05) is 18.2 Å². The Labute approximate surface area is 97.7 Å². The lowest BCUT2D eigenvalue weighted by Gasteiger charge is -2.09. The molecule has 0 bridgehead atoms. The fourth-order valence-electron chi connectivity index (χ4n) is 1.56. The Hall–Kier alpha value is -2.30. The average Bonchev–Trinajstić information content (AvgIpc) is 2.63. The summed E-state index contributed by atoms with van der Waals surface area (Å²) in [7, 11) is 0. The number of ether oxygens (including phenoxy) is 1. The number of hydrogen-bond donors (Lipinski definition) is 2. The highest BCUT2D eigenvalue weighted by molar-refractivity contribution is 6.19. The summed E-state index contributed by atoms with van der Waals surface area (Å²) in [5.41, 5.74) is 1.33. The van der Waals surface area contributed by atoms with Gasteiger partial charge in [-0.2, -0.15) is 0 Å². The zero-order valence-electron chi connectivity index (χ0n) is 9.19. The molecular formula is C12H11NO4. The van der Waals surface area contributed by atoms with E-state index in [0.29, 0.717) is 0 Å². The van der Waals surface area contributed by atoms with Crippen LogP contribution in [-0.4, -0.2) is 23.5 Å². The van der Waals surface area contributed by atoms with Gasteiger partial charge in [0, 0.05) is 5.69 Å². The maximum atomic E-state index is 11.3. The van der Waals surface area contributed by atoms with Gasteiger partial charge < -0.3 is 15.2 Å². The number of aliphatic carboxylic acids is 1. The van der Waals surface area contributed by atoms with Gasteiger partial charge in [0.2, 0.25) is 11.7 Å². The van der Waals surface area contributed by atoms with Crippen molar-refractivity contribution in [2.24, 2.45) is 0 Å². The van der Waals surface area contributed by atoms with Gasteiger partial charge in [0.1, 0.15) is 0 Å². The number of ketones is 1. The molecule has 0 atom stereocenters. The fraction of sp³-hybridized carbons (Fsp3) is 0.167. The number of benzene rings is 1. The molecule has 0 unspecified atom stereocenters. The molecule has 1 heterocycles. The van der Waals surface area contributed by atoms with Crippen molar-refractivity contribution in [3.63, 3.8) is 0 Å². The highest BCUT2D eigenvalue weighted by Gasteiger charge is 2.31. The molecular weight excluding hydrogens is 222 g/mol. The van der Waals surface area contributed by atoms with Crippen molar-refractivity contribution in [1.29, 1.82) is 0 Å². The van der Waals surface area contributed by atoms with Crippen LogP contribution in [0.2, 0.25) is 0 Å². The lowest BCUT2D eigenvalue weighted by atomic mass is 10.2. The molecule has 0 spiro atoms. The zero-order chi connectivity index (χ0) is 12.4. The number of anilines is 1. The summed E-state index contributed by atoms with van der Waals surface area (Å²) in [4.78, 5) is 22.2. The number of carboxylic acid groups (broad SMARTS) is 1. The summed E-state index contributed by atoms with van der Waals surface area (Å²) in [6.07, 6.45) is 0. The van der Waals surface area contributed by atoms with Crippen molar-refractivity contribution in [3.8, 4) is 0 Å². The molecule has 2 N–H and O–H groups in total. The summed E-state index contributed by atoms with van der Waals surface area (Å²) in [6.45, 7) is 1.65. The molecule has 0 radical (unpaired) electrons. The van der Waals surface area contributed by atoms with Crippen molar-refractivity contribution < 1.29 is 19.4 Å².